The van der Waals surface area contributed by atoms with Gasteiger partial charge < -0.3 is 0 Å². The van der Waals surface area contributed by atoms with Gasteiger partial charge in [0.05, 0.1) is 16.3 Å². The Morgan fingerprint density at radius 2 is 1.88 bits per heavy atom. The standard InChI is InChI=1S/C11H5Cl3N2O/c12-6-1-2-9(13)7(3-6)10-8(4-17)11(14)16-5-15-10/h1-5H. The average Bonchev–Trinajstić information content (AvgIpc) is 2.32. The van der Waals surface area contributed by atoms with E-state index in [9.17, 15) is 4.79 Å². The van der Waals surface area contributed by atoms with E-state index in [1.807, 2.05) is 0 Å². The minimum atomic E-state index is 0.0843. The minimum Gasteiger partial charge on any atom is -0.298 e. The van der Waals surface area contributed by atoms with Crippen LogP contribution < -0.4 is 0 Å². The van der Waals surface area contributed by atoms with Crippen molar-refractivity contribution in [1.82, 2.24) is 9.97 Å². The van der Waals surface area contributed by atoms with Crippen LogP contribution in [0.5, 0.6) is 0 Å². The number of nitrogens with zero attached hydrogens (tertiary/aromatic N) is 2. The molecule has 0 aliphatic rings. The van der Waals surface area contributed by atoms with Crippen molar-refractivity contribution in [3.8, 4) is 11.3 Å². The highest BCUT2D eigenvalue weighted by Gasteiger charge is 2.14. The molecule has 17 heavy (non-hydrogen) atoms. The van der Waals surface area contributed by atoms with Gasteiger partial charge in [0.25, 0.3) is 0 Å². The Balaban J connectivity index is 2.72. The monoisotopic (exact) mass is 286 g/mol. The second-order valence-electron chi connectivity index (χ2n) is 3.17. The van der Waals surface area contributed by atoms with Crippen LogP contribution in [0.3, 0.4) is 0 Å². The van der Waals surface area contributed by atoms with E-state index < -0.39 is 0 Å². The van der Waals surface area contributed by atoms with Crippen molar-refractivity contribution in [3.63, 3.8) is 0 Å². The second-order valence-corrected chi connectivity index (χ2v) is 4.37. The molecule has 1 heterocycles. The third-order valence-electron chi connectivity index (χ3n) is 2.14. The molecule has 0 bridgehead atoms. The molecule has 6 heteroatoms. The van der Waals surface area contributed by atoms with E-state index in [4.69, 9.17) is 34.8 Å². The maximum atomic E-state index is 11.0. The van der Waals surface area contributed by atoms with Crippen LogP contribution in [0.4, 0.5) is 0 Å². The zero-order valence-corrected chi connectivity index (χ0v) is 10.6. The van der Waals surface area contributed by atoms with Gasteiger partial charge in [0, 0.05) is 10.6 Å². The van der Waals surface area contributed by atoms with Crippen LogP contribution in [-0.4, -0.2) is 16.3 Å². The summed E-state index contributed by atoms with van der Waals surface area (Å²) in [5.41, 5.74) is 1.11. The second kappa shape index (κ2) is 5.00. The van der Waals surface area contributed by atoms with Crippen molar-refractivity contribution < 1.29 is 4.79 Å². The van der Waals surface area contributed by atoms with Crippen molar-refractivity contribution in [2.24, 2.45) is 0 Å². The molecule has 0 radical (unpaired) electrons. The molecule has 0 unspecified atom stereocenters. The number of benzene rings is 1. The van der Waals surface area contributed by atoms with Gasteiger partial charge in [-0.2, -0.15) is 0 Å². The van der Waals surface area contributed by atoms with Crippen LogP contribution in [-0.2, 0) is 0 Å². The summed E-state index contributed by atoms with van der Waals surface area (Å²) in [5.74, 6) is 0. The quantitative estimate of drug-likeness (QED) is 0.621. The van der Waals surface area contributed by atoms with Crippen molar-refractivity contribution >= 4 is 41.1 Å². The predicted molar refractivity (Wildman–Crippen MR) is 67.9 cm³/mol. The fourth-order valence-corrected chi connectivity index (χ4v) is 1.93. The molecule has 0 amide bonds. The fraction of sp³-hybridized carbons (Fsp3) is 0. The zero-order chi connectivity index (χ0) is 12.4. The number of rotatable bonds is 2. The van der Waals surface area contributed by atoms with Crippen LogP contribution in [0, 0.1) is 0 Å². The molecule has 0 N–H and O–H groups in total. The highest BCUT2D eigenvalue weighted by molar-refractivity contribution is 6.36. The highest BCUT2D eigenvalue weighted by atomic mass is 35.5. The third-order valence-corrected chi connectivity index (χ3v) is 3.00. The first-order chi connectivity index (χ1) is 8.13. The molecule has 0 aliphatic heterocycles. The minimum absolute atomic E-state index is 0.0843. The van der Waals surface area contributed by atoms with E-state index in [1.54, 1.807) is 18.2 Å². The van der Waals surface area contributed by atoms with Gasteiger partial charge in [0.15, 0.2) is 6.29 Å². The number of hydrogen-bond donors (Lipinski definition) is 0. The predicted octanol–water partition coefficient (Wildman–Crippen LogP) is 3.92. The van der Waals surface area contributed by atoms with E-state index in [0.29, 0.717) is 27.6 Å². The molecule has 0 fully saturated rings. The normalized spacial score (nSPS) is 10.3. The first kappa shape index (κ1) is 12.3. The first-order valence-electron chi connectivity index (χ1n) is 4.54. The lowest BCUT2D eigenvalue weighted by Gasteiger charge is -2.07. The van der Waals surface area contributed by atoms with Crippen molar-refractivity contribution in [2.45, 2.75) is 0 Å². The number of carbonyl (C=O) groups is 1. The van der Waals surface area contributed by atoms with Gasteiger partial charge in [-0.3, -0.25) is 4.79 Å². The topological polar surface area (TPSA) is 42.9 Å². The lowest BCUT2D eigenvalue weighted by Crippen LogP contribution is -1.96. The van der Waals surface area contributed by atoms with Crippen LogP contribution in [0.1, 0.15) is 10.4 Å². The molecule has 0 spiro atoms. The van der Waals surface area contributed by atoms with E-state index in [-0.39, 0.29) is 10.7 Å². The Labute approximate surface area is 112 Å². The summed E-state index contributed by atoms with van der Waals surface area (Å²) in [6.07, 6.45) is 1.86. The lowest BCUT2D eigenvalue weighted by atomic mass is 10.1. The molecule has 2 aromatic rings. The number of hydrogen-bond acceptors (Lipinski definition) is 3. The Morgan fingerprint density at radius 3 is 2.59 bits per heavy atom. The van der Waals surface area contributed by atoms with E-state index in [0.717, 1.165) is 0 Å². The lowest BCUT2D eigenvalue weighted by molar-refractivity contribution is 0.112. The Morgan fingerprint density at radius 1 is 1.12 bits per heavy atom. The molecule has 0 aliphatic carbocycles. The SMILES string of the molecule is O=Cc1c(Cl)ncnc1-c1cc(Cl)ccc1Cl. The van der Waals surface area contributed by atoms with Gasteiger partial charge in [0.2, 0.25) is 0 Å². The van der Waals surface area contributed by atoms with Gasteiger partial charge in [-0.25, -0.2) is 9.97 Å². The number of aldehydes is 1. The molecule has 1 aromatic heterocycles. The average molecular weight is 288 g/mol. The Bertz CT molecular complexity index is 587. The van der Waals surface area contributed by atoms with E-state index in [2.05, 4.69) is 9.97 Å². The van der Waals surface area contributed by atoms with Crippen LogP contribution in [0.15, 0.2) is 24.5 Å². The van der Waals surface area contributed by atoms with Crippen molar-refractivity contribution in [1.29, 1.82) is 0 Å². The molecule has 0 atom stereocenters. The van der Waals surface area contributed by atoms with Crippen LogP contribution >= 0.6 is 34.8 Å². The number of carbonyl (C=O) groups excluding carboxylic acids is 1. The maximum Gasteiger partial charge on any atom is 0.155 e. The molecule has 86 valence electrons. The summed E-state index contributed by atoms with van der Waals surface area (Å²) < 4.78 is 0. The summed E-state index contributed by atoms with van der Waals surface area (Å²) in [7, 11) is 0. The number of halogens is 3. The number of aromatic nitrogens is 2. The van der Waals surface area contributed by atoms with Gasteiger partial charge in [-0.1, -0.05) is 34.8 Å². The molecule has 1 aromatic carbocycles. The zero-order valence-electron chi connectivity index (χ0n) is 8.32. The molecule has 2 rings (SSSR count). The molecule has 0 saturated carbocycles. The van der Waals surface area contributed by atoms with Gasteiger partial charge in [-0.15, -0.1) is 0 Å². The molecule has 0 saturated heterocycles. The smallest absolute Gasteiger partial charge is 0.155 e. The van der Waals surface area contributed by atoms with Crippen LogP contribution in [0.2, 0.25) is 15.2 Å². The Hall–Kier alpha value is -1.16. The largest absolute Gasteiger partial charge is 0.298 e. The van der Waals surface area contributed by atoms with E-state index >= 15 is 0 Å². The summed E-state index contributed by atoms with van der Waals surface area (Å²) in [5, 5.41) is 1.02. The maximum absolute atomic E-state index is 11.0. The van der Waals surface area contributed by atoms with Gasteiger partial charge in [-0.05, 0) is 18.2 Å². The highest BCUT2D eigenvalue weighted by Crippen LogP contribution is 2.32. The third kappa shape index (κ3) is 2.41. The van der Waals surface area contributed by atoms with Crippen molar-refractivity contribution in [2.75, 3.05) is 0 Å². The van der Waals surface area contributed by atoms with Crippen molar-refractivity contribution in [3.05, 3.63) is 45.3 Å². The first-order valence-corrected chi connectivity index (χ1v) is 5.68. The molecule has 3 nitrogen and oxygen atoms in total. The van der Waals surface area contributed by atoms with Gasteiger partial charge in [0.1, 0.15) is 11.5 Å². The van der Waals surface area contributed by atoms with Gasteiger partial charge >= 0.3 is 0 Å². The summed E-state index contributed by atoms with van der Waals surface area (Å²) in [6, 6.07) is 4.90. The summed E-state index contributed by atoms with van der Waals surface area (Å²) in [4.78, 5) is 18.7. The van der Waals surface area contributed by atoms with E-state index in [1.165, 1.54) is 6.33 Å². The van der Waals surface area contributed by atoms with Crippen LogP contribution in [0.25, 0.3) is 11.3 Å². The summed E-state index contributed by atoms with van der Waals surface area (Å²) in [6.45, 7) is 0. The Kier molecular flexibility index (Phi) is 3.62. The summed E-state index contributed by atoms with van der Waals surface area (Å²) >= 11 is 17.7. The molecular weight excluding hydrogens is 282 g/mol. The fourth-order valence-electron chi connectivity index (χ4n) is 1.37. The molecular formula is C11H5Cl3N2O.